The monoisotopic (exact) mass is 194 g/mol. The van der Waals surface area contributed by atoms with E-state index in [0.29, 0.717) is 18.3 Å². The number of aliphatic hydroxyl groups is 1. The number of aliphatic hydroxyl groups excluding tert-OH is 1. The normalized spacial score (nSPS) is 11.4. The van der Waals surface area contributed by atoms with E-state index in [-0.39, 0.29) is 12.4 Å². The van der Waals surface area contributed by atoms with Gasteiger partial charge < -0.3 is 5.11 Å². The number of hydrogen-bond donors (Lipinski definition) is 1. The summed E-state index contributed by atoms with van der Waals surface area (Å²) in [5.41, 5.74) is 1.47. The van der Waals surface area contributed by atoms with Gasteiger partial charge in [0.2, 0.25) is 0 Å². The predicted molar refractivity (Wildman–Crippen MR) is 52.1 cm³/mol. The Morgan fingerprint density at radius 3 is 2.50 bits per heavy atom. The molecule has 1 rings (SSSR count). The lowest BCUT2D eigenvalue weighted by Gasteiger charge is -2.04. The number of aldehydes is 1. The van der Waals surface area contributed by atoms with Gasteiger partial charge >= 0.3 is 0 Å². The van der Waals surface area contributed by atoms with Gasteiger partial charge in [-0.1, -0.05) is 12.1 Å². The van der Waals surface area contributed by atoms with Crippen molar-refractivity contribution in [2.75, 3.05) is 6.61 Å². The van der Waals surface area contributed by atoms with Crippen molar-refractivity contribution in [1.82, 2.24) is 0 Å². The minimum atomic E-state index is -0.316. The van der Waals surface area contributed by atoms with Gasteiger partial charge in [0.25, 0.3) is 0 Å². The molecule has 74 valence electrons. The second kappa shape index (κ2) is 5.29. The zero-order valence-electron chi connectivity index (χ0n) is 7.61. The van der Waals surface area contributed by atoms with Crippen molar-refractivity contribution in [1.29, 1.82) is 0 Å². The molecule has 2 nitrogen and oxygen atoms in total. The Balaban J connectivity index is 2.93. The molecule has 0 spiro atoms. The van der Waals surface area contributed by atoms with Crippen LogP contribution in [0.4, 0.5) is 4.39 Å². The molecular formula is C11H11FO2. The third kappa shape index (κ3) is 2.78. The molecule has 0 saturated heterocycles. The molecule has 3 heteroatoms. The maximum absolute atomic E-state index is 12.6. The predicted octanol–water partition coefficient (Wildman–Crippen LogP) is 1.79. The van der Waals surface area contributed by atoms with Gasteiger partial charge in [-0.3, -0.25) is 4.79 Å². The van der Waals surface area contributed by atoms with Gasteiger partial charge in [0.15, 0.2) is 0 Å². The molecule has 0 amide bonds. The number of halogens is 1. The van der Waals surface area contributed by atoms with Gasteiger partial charge in [-0.15, -0.1) is 0 Å². The van der Waals surface area contributed by atoms with Crippen LogP contribution >= 0.6 is 0 Å². The number of benzene rings is 1. The standard InChI is InChI=1S/C11H11FO2/c12-11-3-1-9(2-4-11)10(5-7-13)6-8-14/h1-5,7,14H,6,8H2. The van der Waals surface area contributed by atoms with Crippen molar-refractivity contribution in [2.24, 2.45) is 0 Å². The Hall–Kier alpha value is -1.48. The van der Waals surface area contributed by atoms with E-state index in [2.05, 4.69) is 0 Å². The summed E-state index contributed by atoms with van der Waals surface area (Å²) in [4.78, 5) is 10.3. The molecule has 1 N–H and O–H groups in total. The summed E-state index contributed by atoms with van der Waals surface area (Å²) >= 11 is 0. The highest BCUT2D eigenvalue weighted by molar-refractivity contribution is 5.81. The molecule has 0 unspecified atom stereocenters. The molecule has 0 aromatic heterocycles. The third-order valence-corrected chi connectivity index (χ3v) is 1.87. The van der Waals surface area contributed by atoms with Crippen molar-refractivity contribution in [3.63, 3.8) is 0 Å². The van der Waals surface area contributed by atoms with Crippen molar-refractivity contribution in [2.45, 2.75) is 6.42 Å². The van der Waals surface area contributed by atoms with Crippen LogP contribution in [0, 0.1) is 5.82 Å². The molecular weight excluding hydrogens is 183 g/mol. The second-order valence-electron chi connectivity index (χ2n) is 2.81. The first kappa shape index (κ1) is 10.6. The van der Waals surface area contributed by atoms with Crippen LogP contribution in [0.2, 0.25) is 0 Å². The van der Waals surface area contributed by atoms with E-state index in [1.54, 1.807) is 12.1 Å². The van der Waals surface area contributed by atoms with E-state index >= 15 is 0 Å². The van der Waals surface area contributed by atoms with Crippen molar-refractivity contribution in [3.8, 4) is 0 Å². The van der Waals surface area contributed by atoms with Gasteiger partial charge in [-0.2, -0.15) is 0 Å². The first-order valence-corrected chi connectivity index (χ1v) is 4.29. The van der Waals surface area contributed by atoms with Crippen LogP contribution in [0.5, 0.6) is 0 Å². The molecule has 0 fully saturated rings. The van der Waals surface area contributed by atoms with Crippen molar-refractivity contribution < 1.29 is 14.3 Å². The van der Waals surface area contributed by atoms with Crippen molar-refractivity contribution in [3.05, 3.63) is 41.7 Å². The van der Waals surface area contributed by atoms with E-state index in [1.807, 2.05) is 0 Å². The van der Waals surface area contributed by atoms with Gasteiger partial charge in [-0.05, 0) is 35.8 Å². The summed E-state index contributed by atoms with van der Waals surface area (Å²) in [5, 5.41) is 8.75. The highest BCUT2D eigenvalue weighted by Gasteiger charge is 2.00. The van der Waals surface area contributed by atoms with Gasteiger partial charge in [0.1, 0.15) is 12.1 Å². The lowest BCUT2D eigenvalue weighted by Crippen LogP contribution is -1.90. The lowest BCUT2D eigenvalue weighted by atomic mass is 10.0. The number of carbonyl (C=O) groups excluding carboxylic acids is 1. The number of hydrogen-bond acceptors (Lipinski definition) is 2. The Kier molecular flexibility index (Phi) is 4.01. The maximum Gasteiger partial charge on any atom is 0.143 e. The molecule has 0 bridgehead atoms. The summed E-state index contributed by atoms with van der Waals surface area (Å²) in [6.45, 7) is -0.0307. The van der Waals surface area contributed by atoms with Gasteiger partial charge in [0.05, 0.1) is 0 Å². The molecule has 14 heavy (non-hydrogen) atoms. The molecule has 1 aromatic carbocycles. The smallest absolute Gasteiger partial charge is 0.143 e. The first-order valence-electron chi connectivity index (χ1n) is 4.29. The lowest BCUT2D eigenvalue weighted by molar-refractivity contribution is -0.104. The van der Waals surface area contributed by atoms with Crippen LogP contribution in [0.3, 0.4) is 0 Å². The maximum atomic E-state index is 12.6. The fraction of sp³-hybridized carbons (Fsp3) is 0.182. The van der Waals surface area contributed by atoms with Crippen LogP contribution in [0.1, 0.15) is 12.0 Å². The van der Waals surface area contributed by atoms with E-state index in [1.165, 1.54) is 18.2 Å². The second-order valence-corrected chi connectivity index (χ2v) is 2.81. The van der Waals surface area contributed by atoms with E-state index < -0.39 is 0 Å². The van der Waals surface area contributed by atoms with E-state index in [9.17, 15) is 9.18 Å². The van der Waals surface area contributed by atoms with Crippen LogP contribution < -0.4 is 0 Å². The molecule has 0 heterocycles. The minimum absolute atomic E-state index is 0.0307. The van der Waals surface area contributed by atoms with Crippen LogP contribution in [0.25, 0.3) is 5.57 Å². The Labute approximate surface area is 81.7 Å². The highest BCUT2D eigenvalue weighted by atomic mass is 19.1. The SMILES string of the molecule is O=CC=C(CCO)c1ccc(F)cc1. The van der Waals surface area contributed by atoms with Crippen LogP contribution in [-0.4, -0.2) is 18.0 Å². The van der Waals surface area contributed by atoms with Crippen LogP contribution in [-0.2, 0) is 4.79 Å². The highest BCUT2D eigenvalue weighted by Crippen LogP contribution is 2.17. The summed E-state index contributed by atoms with van der Waals surface area (Å²) in [6.07, 6.45) is 2.43. The molecule has 0 aliphatic rings. The number of allylic oxidation sites excluding steroid dienone is 1. The topological polar surface area (TPSA) is 37.3 Å². The average molecular weight is 194 g/mol. The fourth-order valence-electron chi connectivity index (χ4n) is 1.19. The van der Waals surface area contributed by atoms with Crippen molar-refractivity contribution >= 4 is 11.9 Å². The molecule has 0 radical (unpaired) electrons. The summed E-state index contributed by atoms with van der Waals surface area (Å²) in [5.74, 6) is -0.316. The minimum Gasteiger partial charge on any atom is -0.396 e. The van der Waals surface area contributed by atoms with Gasteiger partial charge in [-0.25, -0.2) is 4.39 Å². The summed E-state index contributed by atoms with van der Waals surface area (Å²) in [7, 11) is 0. The molecule has 0 saturated carbocycles. The Bertz CT molecular complexity index is 328. The average Bonchev–Trinajstić information content (AvgIpc) is 2.19. The largest absolute Gasteiger partial charge is 0.396 e. The molecule has 1 aromatic rings. The summed E-state index contributed by atoms with van der Waals surface area (Å²) in [6, 6.07) is 5.82. The Morgan fingerprint density at radius 2 is 2.00 bits per heavy atom. The quantitative estimate of drug-likeness (QED) is 0.586. The molecule has 0 atom stereocenters. The van der Waals surface area contributed by atoms with E-state index in [4.69, 9.17) is 5.11 Å². The first-order chi connectivity index (χ1) is 6.77. The van der Waals surface area contributed by atoms with Gasteiger partial charge in [0, 0.05) is 6.61 Å². The number of carbonyl (C=O) groups is 1. The summed E-state index contributed by atoms with van der Waals surface area (Å²) < 4.78 is 12.6. The zero-order chi connectivity index (χ0) is 10.4. The zero-order valence-corrected chi connectivity index (χ0v) is 7.61. The fourth-order valence-corrected chi connectivity index (χ4v) is 1.19. The van der Waals surface area contributed by atoms with E-state index in [0.717, 1.165) is 5.56 Å². The third-order valence-electron chi connectivity index (χ3n) is 1.87. The number of rotatable bonds is 4. The Morgan fingerprint density at radius 1 is 1.36 bits per heavy atom. The molecule has 0 aliphatic heterocycles. The van der Waals surface area contributed by atoms with Crippen LogP contribution in [0.15, 0.2) is 30.3 Å². The molecule has 0 aliphatic carbocycles.